The van der Waals surface area contributed by atoms with Gasteiger partial charge in [-0.1, -0.05) is 50.7 Å². The first-order valence-electron chi connectivity index (χ1n) is 18.1. The van der Waals surface area contributed by atoms with Crippen LogP contribution in [-0.2, 0) is 38.1 Å². The summed E-state index contributed by atoms with van der Waals surface area (Å²) in [5.41, 5.74) is 0. The second-order valence-corrected chi connectivity index (χ2v) is 13.9. The van der Waals surface area contributed by atoms with Crippen molar-refractivity contribution in [2.24, 2.45) is 11.8 Å². The average Bonchev–Trinajstić information content (AvgIpc) is 3.03. The Hall–Kier alpha value is -2.09. The number of hydrogen-bond donors (Lipinski definition) is 4. The molecule has 0 aromatic carbocycles. The van der Waals surface area contributed by atoms with Crippen LogP contribution in [0.4, 0.5) is 0 Å². The summed E-state index contributed by atoms with van der Waals surface area (Å²) in [5.74, 6) is -2.88. The van der Waals surface area contributed by atoms with Crippen LogP contribution in [0, 0.1) is 11.8 Å². The zero-order valence-corrected chi connectivity index (χ0v) is 29.1. The van der Waals surface area contributed by atoms with E-state index in [9.17, 15) is 34.8 Å². The van der Waals surface area contributed by atoms with Crippen molar-refractivity contribution in [2.45, 2.75) is 172 Å². The van der Waals surface area contributed by atoms with Gasteiger partial charge in [-0.25, -0.2) is 0 Å². The Morgan fingerprint density at radius 2 is 1.23 bits per heavy atom. The highest BCUT2D eigenvalue weighted by Gasteiger charge is 2.51. The van der Waals surface area contributed by atoms with Gasteiger partial charge < -0.3 is 44.1 Å². The highest BCUT2D eigenvalue weighted by molar-refractivity contribution is 5.69. The largest absolute Gasteiger partial charge is 0.465 e. The standard InChI is InChI=1S/C36H60O12/c1-23-17-15-13-11-9-7-5-4-6-8-10-12-14-16-18-30(39)48-35-27(22-45-25(3)38)20-28(32(41)34(35)43)47-36-29(46-23)19-26(21-44-24(2)37)31(40)33(36)42/h4-5,23,26-29,31-36,40-43H,6-22H2,1-3H3/b5-4-/t23?,26?,27?,28-,29-,31-,32?,33+,34-,35-,36?/m1/s1. The first kappa shape index (κ1) is 40.3. The maximum atomic E-state index is 12.8. The van der Waals surface area contributed by atoms with Gasteiger partial charge >= 0.3 is 17.9 Å². The van der Waals surface area contributed by atoms with E-state index in [0.29, 0.717) is 6.42 Å². The SMILES string of the molecule is CC(=O)OCC1C[C@H]2OC(C)CCCCCC/C=C\CCCCCCCC(=O)O[C@@H]3C(COC(C)=O)C[C@@H](OC2[C@@H](O)[C@@H]1O)C(O)[C@H]3O. The number of aliphatic hydroxyl groups excluding tert-OH is 4. The van der Waals surface area contributed by atoms with Gasteiger partial charge in [0, 0.05) is 32.1 Å². The molecule has 48 heavy (non-hydrogen) atoms. The molecule has 2 saturated carbocycles. The van der Waals surface area contributed by atoms with E-state index in [1.54, 1.807) is 0 Å². The lowest BCUT2D eigenvalue weighted by Crippen LogP contribution is -2.62. The fraction of sp³-hybridized carbons (Fsp3) is 0.861. The molecule has 5 unspecified atom stereocenters. The van der Waals surface area contributed by atoms with E-state index >= 15 is 0 Å². The van der Waals surface area contributed by atoms with Crippen molar-refractivity contribution >= 4 is 17.9 Å². The molecule has 2 aliphatic heterocycles. The summed E-state index contributed by atoms with van der Waals surface area (Å²) in [5, 5.41) is 44.8. The van der Waals surface area contributed by atoms with Crippen molar-refractivity contribution in [2.75, 3.05) is 13.2 Å². The van der Waals surface area contributed by atoms with E-state index in [4.69, 9.17) is 23.7 Å². The van der Waals surface area contributed by atoms with Gasteiger partial charge in [-0.3, -0.25) is 14.4 Å². The van der Waals surface area contributed by atoms with Crippen molar-refractivity contribution in [3.8, 4) is 0 Å². The third-order valence-corrected chi connectivity index (χ3v) is 9.80. The van der Waals surface area contributed by atoms with Crippen molar-refractivity contribution in [1.29, 1.82) is 0 Å². The van der Waals surface area contributed by atoms with Gasteiger partial charge in [0.15, 0.2) is 0 Å². The lowest BCUT2D eigenvalue weighted by Gasteiger charge is -2.47. The fourth-order valence-corrected chi connectivity index (χ4v) is 7.04. The van der Waals surface area contributed by atoms with E-state index in [-0.39, 0.29) is 38.6 Å². The van der Waals surface area contributed by atoms with Crippen molar-refractivity contribution in [1.82, 2.24) is 0 Å². The Morgan fingerprint density at radius 3 is 1.88 bits per heavy atom. The minimum absolute atomic E-state index is 0.0381. The van der Waals surface area contributed by atoms with E-state index in [0.717, 1.165) is 70.6 Å². The molecular weight excluding hydrogens is 624 g/mol. The van der Waals surface area contributed by atoms with Gasteiger partial charge in [-0.15, -0.1) is 0 Å². The van der Waals surface area contributed by atoms with Gasteiger partial charge in [-0.05, 0) is 58.3 Å². The molecule has 0 spiro atoms. The van der Waals surface area contributed by atoms with Gasteiger partial charge in [0.25, 0.3) is 0 Å². The molecule has 0 saturated heterocycles. The predicted molar refractivity (Wildman–Crippen MR) is 176 cm³/mol. The number of carbonyl (C=O) groups is 3. The molecule has 11 atom stereocenters. The summed E-state index contributed by atoms with van der Waals surface area (Å²) < 4.78 is 28.8. The summed E-state index contributed by atoms with van der Waals surface area (Å²) in [7, 11) is 0. The zero-order valence-electron chi connectivity index (χ0n) is 29.1. The van der Waals surface area contributed by atoms with Crippen LogP contribution < -0.4 is 0 Å². The number of carbonyl (C=O) groups excluding carboxylic acids is 3. The molecule has 12 heteroatoms. The lowest BCUT2D eigenvalue weighted by atomic mass is 9.78. The molecule has 4 rings (SSSR count). The molecule has 2 heterocycles. The Bertz CT molecular complexity index is 1000. The van der Waals surface area contributed by atoms with E-state index in [1.807, 2.05) is 6.92 Å². The van der Waals surface area contributed by atoms with Gasteiger partial charge in [0.05, 0.1) is 37.6 Å². The molecule has 2 bridgehead atoms. The van der Waals surface area contributed by atoms with Crippen LogP contribution in [0.2, 0.25) is 0 Å². The number of hydrogen-bond acceptors (Lipinski definition) is 12. The number of esters is 3. The molecule has 4 N–H and O–H groups in total. The third kappa shape index (κ3) is 13.3. The minimum Gasteiger partial charge on any atom is -0.465 e. The van der Waals surface area contributed by atoms with Crippen LogP contribution in [0.1, 0.15) is 117 Å². The molecule has 0 amide bonds. The predicted octanol–water partition coefficient (Wildman–Crippen LogP) is 3.68. The van der Waals surface area contributed by atoms with Gasteiger partial charge in [-0.2, -0.15) is 0 Å². The quantitative estimate of drug-likeness (QED) is 0.192. The van der Waals surface area contributed by atoms with Crippen LogP contribution in [-0.4, -0.2) is 106 Å². The number of ether oxygens (including phenoxy) is 5. The van der Waals surface area contributed by atoms with E-state index < -0.39 is 78.6 Å². The summed E-state index contributed by atoms with van der Waals surface area (Å²) >= 11 is 0. The molecule has 0 radical (unpaired) electrons. The van der Waals surface area contributed by atoms with Crippen LogP contribution in [0.15, 0.2) is 12.2 Å². The van der Waals surface area contributed by atoms with Crippen LogP contribution >= 0.6 is 0 Å². The van der Waals surface area contributed by atoms with Crippen LogP contribution in [0.25, 0.3) is 0 Å². The Balaban J connectivity index is 1.81. The number of rotatable bonds is 4. The van der Waals surface area contributed by atoms with Crippen LogP contribution in [0.5, 0.6) is 0 Å². The maximum absolute atomic E-state index is 12.8. The lowest BCUT2D eigenvalue weighted by molar-refractivity contribution is -0.254. The average molecular weight is 685 g/mol. The van der Waals surface area contributed by atoms with Gasteiger partial charge in [0.2, 0.25) is 0 Å². The van der Waals surface area contributed by atoms with E-state index in [1.165, 1.54) is 13.8 Å². The summed E-state index contributed by atoms with van der Waals surface area (Å²) in [6, 6.07) is 0. The second-order valence-electron chi connectivity index (χ2n) is 13.9. The molecule has 2 fully saturated rings. The number of fused-ring (bicyclic) bond motifs is 19. The molecular formula is C36H60O12. The Kier molecular flexibility index (Phi) is 17.8. The van der Waals surface area contributed by atoms with E-state index in [2.05, 4.69) is 12.2 Å². The second kappa shape index (κ2) is 21.2. The monoisotopic (exact) mass is 684 g/mol. The van der Waals surface area contributed by atoms with Crippen molar-refractivity contribution in [3.05, 3.63) is 12.2 Å². The highest BCUT2D eigenvalue weighted by Crippen LogP contribution is 2.37. The highest BCUT2D eigenvalue weighted by atomic mass is 16.6. The number of aliphatic hydroxyl groups is 4. The first-order chi connectivity index (χ1) is 23.0. The molecule has 2 aliphatic carbocycles. The Morgan fingerprint density at radius 1 is 0.688 bits per heavy atom. The minimum atomic E-state index is -1.56. The number of allylic oxidation sites excluding steroid dienone is 2. The van der Waals surface area contributed by atoms with Crippen LogP contribution in [0.3, 0.4) is 0 Å². The van der Waals surface area contributed by atoms with Crippen molar-refractivity contribution < 1.29 is 58.5 Å². The molecule has 12 nitrogen and oxygen atoms in total. The first-order valence-corrected chi connectivity index (χ1v) is 18.1. The molecule has 0 aromatic rings. The summed E-state index contributed by atoms with van der Waals surface area (Å²) in [4.78, 5) is 36.0. The molecule has 0 aromatic heterocycles. The Labute approximate surface area is 285 Å². The fourth-order valence-electron chi connectivity index (χ4n) is 7.04. The summed E-state index contributed by atoms with van der Waals surface area (Å²) in [6.45, 7) is 4.18. The third-order valence-electron chi connectivity index (χ3n) is 9.80. The summed E-state index contributed by atoms with van der Waals surface area (Å²) in [6.07, 6.45) is 6.70. The molecule has 276 valence electrons. The normalized spacial score (nSPS) is 37.8. The van der Waals surface area contributed by atoms with Gasteiger partial charge in [0.1, 0.15) is 30.5 Å². The maximum Gasteiger partial charge on any atom is 0.306 e. The smallest absolute Gasteiger partial charge is 0.306 e. The zero-order chi connectivity index (χ0) is 35.1. The topological polar surface area (TPSA) is 178 Å². The van der Waals surface area contributed by atoms with Crippen molar-refractivity contribution in [3.63, 3.8) is 0 Å². The molecule has 4 aliphatic rings.